The molecule has 0 aliphatic heterocycles. The maximum Gasteiger partial charge on any atom is 0.647 e. The second-order valence-electron chi connectivity index (χ2n) is 9.69. The first-order valence-electron chi connectivity index (χ1n) is 9.06. The zero-order valence-electron chi connectivity index (χ0n) is 17.1. The summed E-state index contributed by atoms with van der Waals surface area (Å²) in [7, 11) is -8.93. The Labute approximate surface area is 152 Å². The maximum atomic E-state index is 9.77. The van der Waals surface area contributed by atoms with Gasteiger partial charge in [0.15, 0.2) is 25.0 Å². The molecule has 1 aliphatic carbocycles. The van der Waals surface area contributed by atoms with Crippen molar-refractivity contribution in [1.82, 2.24) is 0 Å². The summed E-state index contributed by atoms with van der Waals surface area (Å²) in [6, 6.07) is 0. The third-order valence-corrected chi connectivity index (χ3v) is 14.2. The summed E-state index contributed by atoms with van der Waals surface area (Å²) in [6.07, 6.45) is 3.10. The zero-order chi connectivity index (χ0) is 18.8. The van der Waals surface area contributed by atoms with Gasteiger partial charge in [0.1, 0.15) is 0 Å². The molecule has 0 aromatic rings. The summed E-state index contributed by atoms with van der Waals surface area (Å²) < 4.78 is 26.1. The topological polar surface area (TPSA) is 57.2 Å². The van der Waals surface area contributed by atoms with Crippen molar-refractivity contribution in [2.24, 2.45) is 0 Å². The highest BCUT2D eigenvalue weighted by Crippen LogP contribution is 2.31. The molecule has 0 bridgehead atoms. The molecule has 144 valence electrons. The second-order valence-corrected chi connectivity index (χ2v) is 26.1. The fraction of sp³-hybridized carbons (Fsp3) is 1.00. The lowest BCUT2D eigenvalue weighted by atomic mass is 9.95. The van der Waals surface area contributed by atoms with Crippen LogP contribution in [0, 0.1) is 0 Å². The van der Waals surface area contributed by atoms with E-state index >= 15 is 0 Å². The molecule has 24 heavy (non-hydrogen) atoms. The van der Waals surface area contributed by atoms with Crippen molar-refractivity contribution < 1.29 is 21.9 Å². The first-order chi connectivity index (χ1) is 10.6. The van der Waals surface area contributed by atoms with E-state index in [0.717, 1.165) is 25.7 Å². The number of aliphatic hydroxyl groups excluding tert-OH is 1. The van der Waals surface area contributed by atoms with Gasteiger partial charge < -0.3 is 21.9 Å². The molecule has 1 saturated carbocycles. The molecule has 1 aliphatic rings. The molecule has 0 aromatic heterocycles. The van der Waals surface area contributed by atoms with Gasteiger partial charge in [0, 0.05) is 0 Å². The first kappa shape index (κ1) is 22.7. The molecule has 0 heterocycles. The van der Waals surface area contributed by atoms with E-state index in [2.05, 4.69) is 58.9 Å². The van der Waals surface area contributed by atoms with E-state index in [1.54, 1.807) is 0 Å². The summed E-state index contributed by atoms with van der Waals surface area (Å²) in [5.74, 6) is 0. The van der Waals surface area contributed by atoms with E-state index in [0.29, 0.717) is 0 Å². The third kappa shape index (κ3) is 9.39. The number of aliphatic hydroxyl groups is 1. The minimum absolute atomic E-state index is 0.0594. The molecular weight excluding hydrogens is 373 g/mol. The quantitative estimate of drug-likeness (QED) is 0.605. The molecule has 1 fully saturated rings. The van der Waals surface area contributed by atoms with Gasteiger partial charge in [0.25, 0.3) is 0 Å². The van der Waals surface area contributed by atoms with Crippen LogP contribution in [0.5, 0.6) is 0 Å². The minimum atomic E-state index is -3.21. The Morgan fingerprint density at radius 1 is 0.625 bits per heavy atom. The van der Waals surface area contributed by atoms with Gasteiger partial charge in [0.2, 0.25) is 0 Å². The van der Waals surface area contributed by atoms with E-state index in [1.807, 2.05) is 0 Å². The average Bonchev–Trinajstić information content (AvgIpc) is 2.24. The van der Waals surface area contributed by atoms with Crippen LogP contribution >= 0.6 is 0 Å². The van der Waals surface area contributed by atoms with Gasteiger partial charge in [-0.05, 0) is 84.6 Å². The standard InChI is InChI=1S/C15H38O5Si4/c1-21(2,3)18-24(19-22(4,5)6,20-23(7,8)9)17-15-12-10-14(16)11-13-15/h14-16H,10-13H2,1-9H3. The monoisotopic (exact) mass is 410 g/mol. The molecule has 1 N–H and O–H groups in total. The smallest absolute Gasteiger partial charge is 0.395 e. The fourth-order valence-corrected chi connectivity index (χ4v) is 14.5. The molecule has 5 nitrogen and oxygen atoms in total. The SMILES string of the molecule is C[Si](C)(C)O[Si](OC1CCC(O)CC1)(O[Si](C)(C)C)O[Si](C)(C)C. The average molecular weight is 411 g/mol. The first-order valence-corrected chi connectivity index (χ1v) is 20.9. The summed E-state index contributed by atoms with van der Waals surface area (Å²) in [5, 5.41) is 9.77. The number of hydrogen-bond acceptors (Lipinski definition) is 5. The Morgan fingerprint density at radius 2 is 0.958 bits per heavy atom. The molecule has 0 atom stereocenters. The minimum Gasteiger partial charge on any atom is -0.395 e. The summed E-state index contributed by atoms with van der Waals surface area (Å²) in [6.45, 7) is 19.4. The van der Waals surface area contributed by atoms with Crippen LogP contribution in [0.4, 0.5) is 0 Å². The van der Waals surface area contributed by atoms with Crippen molar-refractivity contribution in [1.29, 1.82) is 0 Å². The molecule has 9 heteroatoms. The van der Waals surface area contributed by atoms with Gasteiger partial charge in [-0.25, -0.2) is 0 Å². The van der Waals surface area contributed by atoms with E-state index in [1.165, 1.54) is 0 Å². The van der Waals surface area contributed by atoms with Crippen LogP contribution in [-0.2, 0) is 16.8 Å². The summed E-state index contributed by atoms with van der Waals surface area (Å²) in [5.41, 5.74) is 0. The molecule has 0 radical (unpaired) electrons. The van der Waals surface area contributed by atoms with Crippen LogP contribution < -0.4 is 0 Å². The summed E-state index contributed by atoms with van der Waals surface area (Å²) in [4.78, 5) is 0. The van der Waals surface area contributed by atoms with Crippen molar-refractivity contribution in [2.75, 3.05) is 0 Å². The lowest BCUT2D eigenvalue weighted by Crippen LogP contribution is -2.63. The second kappa shape index (κ2) is 8.13. The van der Waals surface area contributed by atoms with Gasteiger partial charge in [-0.3, -0.25) is 0 Å². The largest absolute Gasteiger partial charge is 0.647 e. The number of rotatable bonds is 8. The summed E-state index contributed by atoms with van der Waals surface area (Å²) >= 11 is 0. The fourth-order valence-electron chi connectivity index (χ4n) is 2.63. The van der Waals surface area contributed by atoms with Gasteiger partial charge in [0.05, 0.1) is 12.2 Å². The molecule has 0 spiro atoms. The Bertz CT molecular complexity index is 351. The van der Waals surface area contributed by atoms with E-state index in [4.69, 9.17) is 16.8 Å². The van der Waals surface area contributed by atoms with Crippen LogP contribution in [0.25, 0.3) is 0 Å². The molecule has 0 amide bonds. The van der Waals surface area contributed by atoms with E-state index in [-0.39, 0.29) is 12.2 Å². The van der Waals surface area contributed by atoms with E-state index in [9.17, 15) is 5.11 Å². The highest BCUT2D eigenvalue weighted by atomic mass is 28.5. The van der Waals surface area contributed by atoms with Crippen LogP contribution in [0.3, 0.4) is 0 Å². The van der Waals surface area contributed by atoms with Crippen molar-refractivity contribution >= 4 is 34.0 Å². The highest BCUT2D eigenvalue weighted by molar-refractivity contribution is 6.87. The van der Waals surface area contributed by atoms with Crippen molar-refractivity contribution in [3.05, 3.63) is 0 Å². The lowest BCUT2D eigenvalue weighted by molar-refractivity contribution is 0.000159. The van der Waals surface area contributed by atoms with Crippen molar-refractivity contribution in [2.45, 2.75) is 96.8 Å². The Kier molecular flexibility index (Phi) is 7.70. The highest BCUT2D eigenvalue weighted by Gasteiger charge is 2.55. The van der Waals surface area contributed by atoms with E-state index < -0.39 is 34.0 Å². The Hall–Kier alpha value is 0.668. The maximum absolute atomic E-state index is 9.77. The normalized spacial score (nSPS) is 24.2. The van der Waals surface area contributed by atoms with Crippen LogP contribution in [-0.4, -0.2) is 51.3 Å². The lowest BCUT2D eigenvalue weighted by Gasteiger charge is -2.43. The Balaban J connectivity index is 3.07. The van der Waals surface area contributed by atoms with Crippen molar-refractivity contribution in [3.63, 3.8) is 0 Å². The number of hydrogen-bond donors (Lipinski definition) is 1. The van der Waals surface area contributed by atoms with Gasteiger partial charge >= 0.3 is 9.05 Å². The van der Waals surface area contributed by atoms with Crippen LogP contribution in [0.2, 0.25) is 58.9 Å². The zero-order valence-corrected chi connectivity index (χ0v) is 21.1. The molecule has 1 rings (SSSR count). The third-order valence-electron chi connectivity index (χ3n) is 3.25. The molecule has 0 saturated heterocycles. The molecular formula is C15H38O5Si4. The van der Waals surface area contributed by atoms with Gasteiger partial charge in [-0.2, -0.15) is 0 Å². The Morgan fingerprint density at radius 3 is 1.25 bits per heavy atom. The molecule has 0 aromatic carbocycles. The van der Waals surface area contributed by atoms with Crippen LogP contribution in [0.1, 0.15) is 25.7 Å². The van der Waals surface area contributed by atoms with Crippen molar-refractivity contribution in [3.8, 4) is 0 Å². The predicted octanol–water partition coefficient (Wildman–Crippen LogP) is 4.30. The van der Waals surface area contributed by atoms with Gasteiger partial charge in [-0.15, -0.1) is 0 Å². The van der Waals surface area contributed by atoms with Gasteiger partial charge in [-0.1, -0.05) is 0 Å². The predicted molar refractivity (Wildman–Crippen MR) is 108 cm³/mol. The molecule has 0 unspecified atom stereocenters. The van der Waals surface area contributed by atoms with Crippen LogP contribution in [0.15, 0.2) is 0 Å².